The highest BCUT2D eigenvalue weighted by molar-refractivity contribution is 7.86. The van der Waals surface area contributed by atoms with Gasteiger partial charge >= 0.3 is 0 Å². The van der Waals surface area contributed by atoms with Crippen LogP contribution in [0, 0.1) is 6.92 Å². The lowest BCUT2D eigenvalue weighted by molar-refractivity contribution is 0.0969. The smallest absolute Gasteiger partial charge is 0.282 e. The maximum Gasteiger partial charge on any atom is 0.295 e. The molecule has 7 heteroatoms. The van der Waals surface area contributed by atoms with Crippen molar-refractivity contribution in [2.45, 2.75) is 11.8 Å². The molecule has 110 valence electrons. The van der Waals surface area contributed by atoms with E-state index in [9.17, 15) is 22.6 Å². The molecule has 1 aliphatic heterocycles. The molecule has 3 aromatic rings. The average molecular weight is 315 g/mol. The lowest BCUT2D eigenvalue weighted by atomic mass is 10.0. The van der Waals surface area contributed by atoms with Gasteiger partial charge in [0.1, 0.15) is 4.90 Å². The molecule has 2 aromatic carbocycles. The Morgan fingerprint density at radius 1 is 1.05 bits per heavy atom. The van der Waals surface area contributed by atoms with Gasteiger partial charge in [-0.05, 0) is 30.0 Å². The maximum absolute atomic E-state index is 12.4. The molecule has 0 atom stereocenters. The number of carbonyl (C=O) groups excluding carboxylic acids is 1. The topological polar surface area (TPSA) is 93.4 Å². The zero-order valence-electron chi connectivity index (χ0n) is 11.3. The fraction of sp³-hybridized carbons (Fsp3) is 0.0667. The molecule has 0 spiro atoms. The molecule has 0 saturated carbocycles. The van der Waals surface area contributed by atoms with E-state index in [1.807, 2.05) is 0 Å². The Kier molecular flexibility index (Phi) is 2.29. The third-order valence-electron chi connectivity index (χ3n) is 4.03. The molecule has 22 heavy (non-hydrogen) atoms. The first-order valence-corrected chi connectivity index (χ1v) is 7.89. The highest BCUT2D eigenvalue weighted by atomic mass is 32.2. The zero-order valence-corrected chi connectivity index (χ0v) is 12.1. The summed E-state index contributed by atoms with van der Waals surface area (Å²) in [6, 6.07) is 7.46. The number of hydrogen-bond donors (Lipinski definition) is 1. The van der Waals surface area contributed by atoms with Crippen molar-refractivity contribution in [3.63, 3.8) is 0 Å². The van der Waals surface area contributed by atoms with Crippen molar-refractivity contribution in [1.82, 2.24) is 4.57 Å². The molecule has 1 aliphatic rings. The third kappa shape index (κ3) is 1.39. The molecule has 1 aromatic heterocycles. The summed E-state index contributed by atoms with van der Waals surface area (Å²) in [5, 5.41) is 0.747. The minimum absolute atomic E-state index is 0.190. The molecule has 4 rings (SSSR count). The Morgan fingerprint density at radius 2 is 1.77 bits per heavy atom. The molecule has 0 saturated heterocycles. The van der Waals surface area contributed by atoms with Crippen LogP contribution in [0.5, 0.6) is 0 Å². The summed E-state index contributed by atoms with van der Waals surface area (Å²) in [4.78, 5) is 24.6. The Bertz CT molecular complexity index is 1190. The minimum atomic E-state index is -4.49. The highest BCUT2D eigenvalue weighted by Gasteiger charge is 2.31. The first-order chi connectivity index (χ1) is 10.3. The second kappa shape index (κ2) is 3.82. The average Bonchev–Trinajstić information content (AvgIpc) is 2.67. The molecule has 0 radical (unpaired) electrons. The van der Waals surface area contributed by atoms with Crippen molar-refractivity contribution in [1.29, 1.82) is 0 Å². The van der Waals surface area contributed by atoms with Gasteiger partial charge in [0.05, 0.1) is 16.5 Å². The predicted molar refractivity (Wildman–Crippen MR) is 80.0 cm³/mol. The van der Waals surface area contributed by atoms with Gasteiger partial charge in [-0.15, -0.1) is 0 Å². The molecule has 2 heterocycles. The summed E-state index contributed by atoms with van der Waals surface area (Å²) in [7, 11) is -4.49. The molecule has 0 amide bonds. The second-order valence-corrected chi connectivity index (χ2v) is 6.64. The summed E-state index contributed by atoms with van der Waals surface area (Å²) in [5.74, 6) is -0.476. The van der Waals surface area contributed by atoms with Crippen LogP contribution < -0.4 is 5.56 Å². The lowest BCUT2D eigenvalue weighted by Gasteiger charge is -2.10. The standard InChI is InChI=1S/C15H9NO5S/c1-7-5-6-10(22(19,20)21)12-8-3-2-4-9-11(8)15(18)16(13(7)12)14(9)17/h2-6H,1H3,(H,19,20,21). The van der Waals surface area contributed by atoms with Crippen molar-refractivity contribution in [2.24, 2.45) is 0 Å². The van der Waals surface area contributed by atoms with Gasteiger partial charge in [-0.25, -0.2) is 4.57 Å². The molecular formula is C15H9NO5S. The number of carbonyl (C=O) groups is 1. The second-order valence-electron chi connectivity index (χ2n) is 5.25. The van der Waals surface area contributed by atoms with Crippen LogP contribution in [0.4, 0.5) is 0 Å². The minimum Gasteiger partial charge on any atom is -0.282 e. The van der Waals surface area contributed by atoms with Crippen LogP contribution in [-0.4, -0.2) is 23.4 Å². The first kappa shape index (κ1) is 13.2. The van der Waals surface area contributed by atoms with E-state index in [1.54, 1.807) is 19.1 Å². The lowest BCUT2D eigenvalue weighted by Crippen LogP contribution is -2.20. The van der Waals surface area contributed by atoms with E-state index in [-0.39, 0.29) is 26.7 Å². The van der Waals surface area contributed by atoms with E-state index in [0.29, 0.717) is 10.9 Å². The Balaban J connectivity index is 2.49. The van der Waals surface area contributed by atoms with Gasteiger partial charge in [0.15, 0.2) is 0 Å². The van der Waals surface area contributed by atoms with E-state index in [1.165, 1.54) is 18.2 Å². The van der Waals surface area contributed by atoms with Gasteiger partial charge in [-0.2, -0.15) is 8.42 Å². The Hall–Kier alpha value is -2.51. The predicted octanol–water partition coefficient (Wildman–Crippen LogP) is 1.71. The van der Waals surface area contributed by atoms with E-state index in [0.717, 1.165) is 4.57 Å². The van der Waals surface area contributed by atoms with Crippen molar-refractivity contribution in [3.05, 3.63) is 51.8 Å². The van der Waals surface area contributed by atoms with E-state index < -0.39 is 21.6 Å². The summed E-state index contributed by atoms with van der Waals surface area (Å²) in [6.07, 6.45) is 0. The first-order valence-electron chi connectivity index (χ1n) is 6.45. The Labute approximate surface area is 124 Å². The summed E-state index contributed by atoms with van der Waals surface area (Å²) >= 11 is 0. The largest absolute Gasteiger partial charge is 0.295 e. The number of aromatic nitrogens is 1. The number of aryl methyl sites for hydroxylation is 1. The van der Waals surface area contributed by atoms with Crippen molar-refractivity contribution < 1.29 is 17.8 Å². The van der Waals surface area contributed by atoms with Crippen molar-refractivity contribution in [2.75, 3.05) is 0 Å². The van der Waals surface area contributed by atoms with Crippen LogP contribution in [0.2, 0.25) is 0 Å². The van der Waals surface area contributed by atoms with E-state index >= 15 is 0 Å². The zero-order chi connectivity index (χ0) is 15.8. The fourth-order valence-electron chi connectivity index (χ4n) is 3.14. The molecule has 6 nitrogen and oxygen atoms in total. The van der Waals surface area contributed by atoms with Gasteiger partial charge in [0.25, 0.3) is 21.6 Å². The van der Waals surface area contributed by atoms with Gasteiger partial charge in [0.2, 0.25) is 0 Å². The monoisotopic (exact) mass is 315 g/mol. The van der Waals surface area contributed by atoms with Crippen molar-refractivity contribution >= 4 is 37.7 Å². The normalized spacial score (nSPS) is 13.6. The summed E-state index contributed by atoms with van der Waals surface area (Å²) in [5.41, 5.74) is 0.592. The highest BCUT2D eigenvalue weighted by Crippen LogP contribution is 2.35. The Morgan fingerprint density at radius 3 is 2.45 bits per heavy atom. The van der Waals surface area contributed by atoms with Crippen LogP contribution in [0.25, 0.3) is 21.7 Å². The van der Waals surface area contributed by atoms with Crippen LogP contribution >= 0.6 is 0 Å². The number of benzene rings is 2. The van der Waals surface area contributed by atoms with Crippen LogP contribution in [0.3, 0.4) is 0 Å². The number of fused-ring (bicyclic) bond motifs is 4. The number of pyridine rings is 1. The molecule has 0 fully saturated rings. The van der Waals surface area contributed by atoms with Gasteiger partial charge in [-0.1, -0.05) is 18.2 Å². The molecule has 0 unspecified atom stereocenters. The van der Waals surface area contributed by atoms with Crippen LogP contribution in [0.15, 0.2) is 40.0 Å². The van der Waals surface area contributed by atoms with Gasteiger partial charge < -0.3 is 0 Å². The van der Waals surface area contributed by atoms with Gasteiger partial charge in [-0.3, -0.25) is 14.1 Å². The van der Waals surface area contributed by atoms with E-state index in [2.05, 4.69) is 0 Å². The summed E-state index contributed by atoms with van der Waals surface area (Å²) < 4.78 is 33.8. The quantitative estimate of drug-likeness (QED) is 0.426. The number of nitrogens with zero attached hydrogens (tertiary/aromatic N) is 1. The molecule has 0 aliphatic carbocycles. The SMILES string of the molecule is Cc1ccc(S(=O)(=O)O)c2c3cccc4c3c(=O)n(c12)C4=O. The fourth-order valence-corrected chi connectivity index (χ4v) is 3.84. The molecule has 1 N–H and O–H groups in total. The van der Waals surface area contributed by atoms with E-state index in [4.69, 9.17) is 0 Å². The summed E-state index contributed by atoms with van der Waals surface area (Å²) in [6.45, 7) is 1.68. The molecular weight excluding hydrogens is 306 g/mol. The van der Waals surface area contributed by atoms with Crippen LogP contribution in [0.1, 0.15) is 15.9 Å². The molecule has 2 bridgehead atoms. The number of hydrogen-bond acceptors (Lipinski definition) is 4. The van der Waals surface area contributed by atoms with Crippen molar-refractivity contribution in [3.8, 4) is 0 Å². The van der Waals surface area contributed by atoms with Gasteiger partial charge in [0, 0.05) is 5.39 Å². The number of rotatable bonds is 1. The van der Waals surface area contributed by atoms with Crippen LogP contribution in [-0.2, 0) is 10.1 Å². The third-order valence-corrected chi connectivity index (χ3v) is 4.92. The maximum atomic E-state index is 12.4.